The molecular formula is C41H72O14. The summed E-state index contributed by atoms with van der Waals surface area (Å²) in [5, 5.41) is 92.1. The molecule has 0 spiro atoms. The molecule has 0 saturated carbocycles. The standard InChI is InChI=1S/C41H72O14/c1-12-21(2)13-22(3)14-27(8)38(55-41-37(50)36(49)39(52-11)32(19-43)54-41)28(9)16-25(6)33(46)23(4)15-24(5)34(47)26(7)17-29(10)40(51)53-20-31(45)35(48)30(44)18-42/h14-17,21-23,26,28,30-39,41-50H,12-13,18-20H2,1-11H3/b24-15+,25-16+,27-14+,29-17+/t21-,22-,23-,26-,28-,30+,31+,32+,33-,34+,35+,36+,37-,38+,39+,41-/m0/s1. The van der Waals surface area contributed by atoms with Crippen LogP contribution in [-0.2, 0) is 23.7 Å². The zero-order valence-electron chi connectivity index (χ0n) is 34.6. The Labute approximate surface area is 327 Å². The fraction of sp³-hybridized carbons (Fsp3) is 0.780. The van der Waals surface area contributed by atoms with E-state index in [2.05, 4.69) is 26.8 Å². The fourth-order valence-electron chi connectivity index (χ4n) is 6.99. The maximum Gasteiger partial charge on any atom is 0.333 e. The number of esters is 1. The van der Waals surface area contributed by atoms with Crippen molar-refractivity contribution in [3.05, 3.63) is 46.6 Å². The molecule has 1 heterocycles. The highest BCUT2D eigenvalue weighted by Crippen LogP contribution is 2.31. The molecule has 0 radical (unpaired) electrons. The quantitative estimate of drug-likeness (QED) is 0.0409. The third kappa shape index (κ3) is 15.7. The zero-order valence-corrected chi connectivity index (χ0v) is 34.6. The molecule has 16 atom stereocenters. The fourth-order valence-corrected chi connectivity index (χ4v) is 6.99. The monoisotopic (exact) mass is 788 g/mol. The van der Waals surface area contributed by atoms with Crippen molar-refractivity contribution in [2.75, 3.05) is 26.9 Å². The van der Waals surface area contributed by atoms with E-state index in [9.17, 15) is 45.6 Å². The average molecular weight is 789 g/mol. The summed E-state index contributed by atoms with van der Waals surface area (Å²) in [6.45, 7) is 17.0. The number of allylic oxidation sites excluding steroid dienone is 1. The molecule has 14 heteroatoms. The second-order valence-corrected chi connectivity index (χ2v) is 15.6. The van der Waals surface area contributed by atoms with Gasteiger partial charge in [0, 0.05) is 30.4 Å². The van der Waals surface area contributed by atoms with Crippen LogP contribution in [0.3, 0.4) is 0 Å². The van der Waals surface area contributed by atoms with Crippen molar-refractivity contribution in [3.63, 3.8) is 0 Å². The molecular weight excluding hydrogens is 716 g/mol. The van der Waals surface area contributed by atoms with Crippen LogP contribution in [0.2, 0.25) is 0 Å². The highest BCUT2D eigenvalue weighted by atomic mass is 16.7. The average Bonchev–Trinajstić information content (AvgIpc) is 3.14. The number of carbonyl (C=O) groups excluding carboxylic acids is 1. The van der Waals surface area contributed by atoms with Gasteiger partial charge in [0.25, 0.3) is 0 Å². The second-order valence-electron chi connectivity index (χ2n) is 15.6. The minimum absolute atomic E-state index is 0.144. The molecule has 14 nitrogen and oxygen atoms in total. The van der Waals surface area contributed by atoms with Gasteiger partial charge in [-0.2, -0.15) is 0 Å². The lowest BCUT2D eigenvalue weighted by Gasteiger charge is -2.43. The molecule has 1 aliphatic rings. The van der Waals surface area contributed by atoms with E-state index in [1.165, 1.54) is 20.1 Å². The maximum atomic E-state index is 12.5. The Morgan fingerprint density at radius 3 is 1.82 bits per heavy atom. The van der Waals surface area contributed by atoms with Gasteiger partial charge in [0.15, 0.2) is 6.29 Å². The lowest BCUT2D eigenvalue weighted by molar-refractivity contribution is -0.313. The highest BCUT2D eigenvalue weighted by molar-refractivity contribution is 5.87. The van der Waals surface area contributed by atoms with E-state index >= 15 is 0 Å². The molecule has 1 saturated heterocycles. The zero-order chi connectivity index (χ0) is 42.3. The molecule has 0 bridgehead atoms. The van der Waals surface area contributed by atoms with Crippen molar-refractivity contribution in [1.82, 2.24) is 0 Å². The summed E-state index contributed by atoms with van der Waals surface area (Å²) in [6.07, 6.45) is -4.18. The van der Waals surface area contributed by atoms with E-state index < -0.39 is 105 Å². The molecule has 0 aromatic rings. The molecule has 1 rings (SSSR count). The number of hydrogen-bond acceptors (Lipinski definition) is 14. The van der Waals surface area contributed by atoms with Crippen LogP contribution in [0.15, 0.2) is 46.6 Å². The van der Waals surface area contributed by atoms with Crippen LogP contribution in [0, 0.1) is 29.6 Å². The van der Waals surface area contributed by atoms with E-state index in [1.54, 1.807) is 26.8 Å². The molecule has 0 aliphatic carbocycles. The van der Waals surface area contributed by atoms with Gasteiger partial charge in [-0.05, 0) is 62.7 Å². The molecule has 0 aromatic carbocycles. The van der Waals surface area contributed by atoms with Crippen molar-refractivity contribution in [3.8, 4) is 0 Å². The first kappa shape index (κ1) is 51.0. The van der Waals surface area contributed by atoms with Gasteiger partial charge < -0.3 is 64.9 Å². The molecule has 55 heavy (non-hydrogen) atoms. The number of methoxy groups -OCH3 is 1. The van der Waals surface area contributed by atoms with Gasteiger partial charge in [0.1, 0.15) is 49.3 Å². The largest absolute Gasteiger partial charge is 0.459 e. The van der Waals surface area contributed by atoms with Gasteiger partial charge >= 0.3 is 5.97 Å². The molecule has 1 aliphatic heterocycles. The van der Waals surface area contributed by atoms with Crippen LogP contribution in [0.5, 0.6) is 0 Å². The summed E-state index contributed by atoms with van der Waals surface area (Å²) in [6, 6.07) is 0. The van der Waals surface area contributed by atoms with E-state index in [1.807, 2.05) is 26.8 Å². The molecule has 9 N–H and O–H groups in total. The van der Waals surface area contributed by atoms with E-state index in [0.29, 0.717) is 17.1 Å². The molecule has 320 valence electrons. The number of aliphatic hydroxyl groups is 9. The van der Waals surface area contributed by atoms with Gasteiger partial charge in [0.05, 0.1) is 31.5 Å². The van der Waals surface area contributed by atoms with Crippen molar-refractivity contribution >= 4 is 5.97 Å². The number of rotatable bonds is 23. The van der Waals surface area contributed by atoms with Crippen molar-refractivity contribution in [2.24, 2.45) is 29.6 Å². The van der Waals surface area contributed by atoms with Crippen LogP contribution in [0.1, 0.15) is 82.1 Å². The first-order valence-corrected chi connectivity index (χ1v) is 19.4. The Kier molecular flexibility index (Phi) is 22.9. The Morgan fingerprint density at radius 1 is 0.764 bits per heavy atom. The van der Waals surface area contributed by atoms with Gasteiger partial charge in [-0.15, -0.1) is 0 Å². The van der Waals surface area contributed by atoms with Crippen molar-refractivity contribution < 1.29 is 69.7 Å². The number of hydrogen-bond donors (Lipinski definition) is 9. The molecule has 1 fully saturated rings. The predicted octanol–water partition coefficient (Wildman–Crippen LogP) is 1.93. The third-order valence-corrected chi connectivity index (χ3v) is 10.5. The summed E-state index contributed by atoms with van der Waals surface area (Å²) >= 11 is 0. The Balaban J connectivity index is 3.20. The summed E-state index contributed by atoms with van der Waals surface area (Å²) in [5.41, 5.74) is 2.21. The summed E-state index contributed by atoms with van der Waals surface area (Å²) < 4.78 is 22.6. The Hall–Kier alpha value is -2.05. The van der Waals surface area contributed by atoms with Gasteiger partial charge in [-0.3, -0.25) is 0 Å². The smallest absolute Gasteiger partial charge is 0.333 e. The molecule has 0 unspecified atom stereocenters. The van der Waals surface area contributed by atoms with Gasteiger partial charge in [-0.25, -0.2) is 4.79 Å². The predicted molar refractivity (Wildman–Crippen MR) is 207 cm³/mol. The second kappa shape index (κ2) is 24.7. The van der Waals surface area contributed by atoms with Gasteiger partial charge in [0.2, 0.25) is 0 Å². The summed E-state index contributed by atoms with van der Waals surface area (Å²) in [7, 11) is 1.36. The van der Waals surface area contributed by atoms with E-state index in [-0.39, 0.29) is 17.4 Å². The van der Waals surface area contributed by atoms with Crippen molar-refractivity contribution in [1.29, 1.82) is 0 Å². The summed E-state index contributed by atoms with van der Waals surface area (Å²) in [4.78, 5) is 12.5. The number of aliphatic hydroxyl groups excluding tert-OH is 9. The minimum Gasteiger partial charge on any atom is -0.459 e. The number of ether oxygens (including phenoxy) is 4. The normalized spacial score (nSPS) is 28.0. The topological polar surface area (TPSA) is 236 Å². The van der Waals surface area contributed by atoms with Crippen LogP contribution >= 0.6 is 0 Å². The first-order valence-electron chi connectivity index (χ1n) is 19.4. The molecule has 0 aromatic heterocycles. The lowest BCUT2D eigenvalue weighted by Crippen LogP contribution is -2.60. The lowest BCUT2D eigenvalue weighted by atomic mass is 9.87. The third-order valence-electron chi connectivity index (χ3n) is 10.5. The van der Waals surface area contributed by atoms with Crippen molar-refractivity contribution in [2.45, 2.75) is 149 Å². The molecule has 0 amide bonds. The Morgan fingerprint density at radius 2 is 1.31 bits per heavy atom. The van der Waals surface area contributed by atoms with E-state index in [0.717, 1.165) is 18.4 Å². The number of carbonyl (C=O) groups is 1. The SMILES string of the molecule is CC[C@H](C)C[C@H](C)/C=C(\C)[C@@H](O[C@@H]1O[C@H](CO)[C@@H](OC)[C@H](O)[C@@H]1O)[C@@H](C)/C=C(\C)[C@@H](O)[C@@H](C)/C=C(\C)[C@@H](O)[C@@H](C)/C=C(\C)C(=O)OC[C@@H](O)[C@H](O)[C@H](O)CO. The Bertz CT molecular complexity index is 1260. The van der Waals surface area contributed by atoms with Crippen LogP contribution in [-0.4, -0.2) is 146 Å². The first-order chi connectivity index (χ1) is 25.6. The van der Waals surface area contributed by atoms with Crippen LogP contribution in [0.25, 0.3) is 0 Å². The van der Waals surface area contributed by atoms with Crippen LogP contribution < -0.4 is 0 Å². The highest BCUT2D eigenvalue weighted by Gasteiger charge is 2.46. The van der Waals surface area contributed by atoms with Crippen LogP contribution in [0.4, 0.5) is 0 Å². The van der Waals surface area contributed by atoms with E-state index in [4.69, 9.17) is 24.1 Å². The summed E-state index contributed by atoms with van der Waals surface area (Å²) in [5.74, 6) is -1.40. The minimum atomic E-state index is -1.70. The maximum absolute atomic E-state index is 12.5. The van der Waals surface area contributed by atoms with Gasteiger partial charge in [-0.1, -0.05) is 72.3 Å².